The molecule has 0 aromatic carbocycles. The van der Waals surface area contributed by atoms with E-state index >= 15 is 0 Å². The molecule has 0 saturated heterocycles. The Labute approximate surface area is 70.0 Å². The van der Waals surface area contributed by atoms with Crippen molar-refractivity contribution in [2.45, 2.75) is 31.8 Å². The van der Waals surface area contributed by atoms with Gasteiger partial charge >= 0.3 is 0 Å². The van der Waals surface area contributed by atoms with E-state index in [1.54, 1.807) is 0 Å². The van der Waals surface area contributed by atoms with E-state index in [4.69, 9.17) is 11.6 Å². The second-order valence-electron chi connectivity index (χ2n) is 3.68. The van der Waals surface area contributed by atoms with E-state index < -0.39 is 9.52 Å². The van der Waals surface area contributed by atoms with Gasteiger partial charge in [0.2, 0.25) is 6.29 Å². The zero-order valence-corrected chi connectivity index (χ0v) is 8.95. The van der Waals surface area contributed by atoms with Gasteiger partial charge in [0, 0.05) is 0 Å². The Bertz CT molecular complexity index is 109. The molecule has 10 heavy (non-hydrogen) atoms. The molecular weight excluding hydrogens is 164 g/mol. The van der Waals surface area contributed by atoms with Crippen LogP contribution in [0.15, 0.2) is 0 Å². The van der Waals surface area contributed by atoms with Gasteiger partial charge in [-0.05, 0) is 5.41 Å². The maximum absolute atomic E-state index is 10.00. The van der Waals surface area contributed by atoms with Gasteiger partial charge in [0.1, 0.15) is 0 Å². The van der Waals surface area contributed by atoms with Gasteiger partial charge in [0.05, 0.1) is 14.5 Å². The summed E-state index contributed by atoms with van der Waals surface area (Å²) in [7, 11) is -0.427. The molecule has 1 atom stereocenters. The summed E-state index contributed by atoms with van der Waals surface area (Å²) in [5.74, 6) is 0. The van der Waals surface area contributed by atoms with Gasteiger partial charge < -0.3 is 0 Å². The molecule has 0 aliphatic carbocycles. The highest BCUT2D eigenvalue weighted by Crippen LogP contribution is 2.19. The molecule has 0 rings (SSSR count). The third-order valence-electron chi connectivity index (χ3n) is 1.28. The normalized spacial score (nSPS) is 16.0. The first-order valence-electron chi connectivity index (χ1n) is 3.47. The summed E-state index contributed by atoms with van der Waals surface area (Å²) >= 11 is 5.61. The Hall–Kier alpha value is 0.177. The lowest BCUT2D eigenvalue weighted by atomic mass is 10.0. The summed E-state index contributed by atoms with van der Waals surface area (Å²) in [5.41, 5.74) is 0.330. The highest BCUT2D eigenvalue weighted by molar-refractivity contribution is 6.59. The first-order chi connectivity index (χ1) is 4.45. The average Bonchev–Trinajstić information content (AvgIpc) is 1.81. The molecular formula is C7H14ClOSi. The molecule has 0 aliphatic rings. The zero-order chi connectivity index (χ0) is 8.20. The maximum Gasteiger partial charge on any atom is 0.213 e. The number of carbonyl (C=O) groups excluding carboxylic acids is 1. The first-order valence-corrected chi connectivity index (χ1v) is 5.73. The van der Waals surface area contributed by atoms with Crippen molar-refractivity contribution in [3.05, 3.63) is 0 Å². The van der Waals surface area contributed by atoms with Gasteiger partial charge in [-0.3, -0.25) is 4.79 Å². The van der Waals surface area contributed by atoms with Gasteiger partial charge in [-0.2, -0.15) is 0 Å². The van der Waals surface area contributed by atoms with Gasteiger partial charge in [-0.25, -0.2) is 0 Å². The van der Waals surface area contributed by atoms with Crippen LogP contribution in [-0.2, 0) is 4.79 Å². The van der Waals surface area contributed by atoms with Gasteiger partial charge in [0.25, 0.3) is 0 Å². The van der Waals surface area contributed by atoms with Crippen LogP contribution in [0.25, 0.3) is 0 Å². The molecule has 0 amide bonds. The van der Waals surface area contributed by atoms with Crippen molar-refractivity contribution in [2.75, 3.05) is 0 Å². The molecule has 0 spiro atoms. The molecule has 0 heterocycles. The minimum Gasteiger partial charge on any atom is -0.290 e. The van der Waals surface area contributed by atoms with Gasteiger partial charge in [-0.15, -0.1) is 11.6 Å². The zero-order valence-electron chi connectivity index (χ0n) is 6.78. The Kier molecular flexibility index (Phi) is 4.21. The Morgan fingerprint density at radius 1 is 1.60 bits per heavy atom. The molecule has 0 bridgehead atoms. The van der Waals surface area contributed by atoms with E-state index in [0.29, 0.717) is 5.41 Å². The van der Waals surface area contributed by atoms with Crippen molar-refractivity contribution in [2.24, 2.45) is 5.41 Å². The number of halogens is 1. The number of rotatable bonds is 3. The van der Waals surface area contributed by atoms with Crippen LogP contribution < -0.4 is 0 Å². The van der Waals surface area contributed by atoms with Crippen LogP contribution in [0, 0.1) is 5.41 Å². The van der Waals surface area contributed by atoms with Crippen LogP contribution in [0.2, 0.25) is 6.04 Å². The first kappa shape index (κ1) is 10.2. The minimum absolute atomic E-state index is 0.278. The van der Waals surface area contributed by atoms with E-state index in [9.17, 15) is 4.79 Å². The topological polar surface area (TPSA) is 17.1 Å². The lowest BCUT2D eigenvalue weighted by Crippen LogP contribution is -2.17. The van der Waals surface area contributed by atoms with E-state index in [1.165, 1.54) is 0 Å². The monoisotopic (exact) mass is 177 g/mol. The van der Waals surface area contributed by atoms with Crippen LogP contribution in [0.4, 0.5) is 0 Å². The fraction of sp³-hybridized carbons (Fsp3) is 0.857. The predicted molar refractivity (Wildman–Crippen MR) is 48.1 cm³/mol. The second kappa shape index (κ2) is 4.14. The molecule has 1 radical (unpaired) electrons. The standard InChI is InChI=1S/C7H14ClOSi/c1-7(2,3)5-10-6(8)4-9/h6H,5,10H2,1-3H3. The molecule has 0 fully saturated rings. The van der Waals surface area contributed by atoms with Crippen LogP contribution in [0.3, 0.4) is 0 Å². The van der Waals surface area contributed by atoms with Gasteiger partial charge in [-0.1, -0.05) is 26.8 Å². The molecule has 0 aromatic heterocycles. The molecule has 0 aliphatic heterocycles. The van der Waals surface area contributed by atoms with Crippen molar-refractivity contribution in [1.82, 2.24) is 0 Å². The van der Waals surface area contributed by atoms with E-state index in [0.717, 1.165) is 6.04 Å². The van der Waals surface area contributed by atoms with Crippen LogP contribution >= 0.6 is 11.6 Å². The van der Waals surface area contributed by atoms with Crippen LogP contribution in [-0.4, -0.2) is 20.8 Å². The minimum atomic E-state index is -0.427. The lowest BCUT2D eigenvalue weighted by molar-refractivity contribution is 0.466. The van der Waals surface area contributed by atoms with E-state index in [2.05, 4.69) is 20.8 Å². The average molecular weight is 178 g/mol. The van der Waals surface area contributed by atoms with Gasteiger partial charge in [0.15, 0.2) is 0 Å². The lowest BCUT2D eigenvalue weighted by Gasteiger charge is -2.17. The highest BCUT2D eigenvalue weighted by Gasteiger charge is 2.13. The maximum atomic E-state index is 10.00. The largest absolute Gasteiger partial charge is 0.290 e. The fourth-order valence-electron chi connectivity index (χ4n) is 0.619. The Balaban J connectivity index is 3.45. The third kappa shape index (κ3) is 6.30. The smallest absolute Gasteiger partial charge is 0.213 e. The molecule has 1 unspecified atom stereocenters. The summed E-state index contributed by atoms with van der Waals surface area (Å²) in [5, 5.41) is -0.278. The van der Waals surface area contributed by atoms with E-state index in [1.807, 2.05) is 6.29 Å². The predicted octanol–water partition coefficient (Wildman–Crippen LogP) is 1.29. The number of hydrogen-bond acceptors (Lipinski definition) is 1. The summed E-state index contributed by atoms with van der Waals surface area (Å²) in [4.78, 5) is 10.00. The van der Waals surface area contributed by atoms with Crippen molar-refractivity contribution < 1.29 is 4.79 Å². The fourth-order valence-corrected chi connectivity index (χ4v) is 2.18. The summed E-state index contributed by atoms with van der Waals surface area (Å²) in [6.07, 6.45) is 1.81. The quantitative estimate of drug-likeness (QED) is 0.469. The number of alkyl halides is 1. The third-order valence-corrected chi connectivity index (χ3v) is 4.48. The molecule has 59 valence electrons. The molecule has 0 saturated carbocycles. The highest BCUT2D eigenvalue weighted by atomic mass is 35.5. The van der Waals surface area contributed by atoms with Crippen LogP contribution in [0.5, 0.6) is 0 Å². The van der Waals surface area contributed by atoms with Crippen molar-refractivity contribution >= 4 is 27.4 Å². The van der Waals surface area contributed by atoms with E-state index in [-0.39, 0.29) is 5.00 Å². The Morgan fingerprint density at radius 3 is 2.40 bits per heavy atom. The molecule has 3 heteroatoms. The molecule has 0 aromatic rings. The molecule has 1 nitrogen and oxygen atoms in total. The summed E-state index contributed by atoms with van der Waals surface area (Å²) in [6.45, 7) is 6.48. The van der Waals surface area contributed by atoms with Crippen molar-refractivity contribution in [3.63, 3.8) is 0 Å². The second-order valence-corrected chi connectivity index (χ2v) is 6.62. The number of hydrogen-bond donors (Lipinski definition) is 0. The van der Waals surface area contributed by atoms with Crippen molar-refractivity contribution in [3.8, 4) is 0 Å². The van der Waals surface area contributed by atoms with Crippen molar-refractivity contribution in [1.29, 1.82) is 0 Å². The van der Waals surface area contributed by atoms with Crippen LogP contribution in [0.1, 0.15) is 20.8 Å². The summed E-state index contributed by atoms with van der Waals surface area (Å²) in [6, 6.07) is 1.11. The molecule has 0 N–H and O–H groups in total. The SMILES string of the molecule is CC(C)(C)C[SiH2]C(Cl)[C]=O. The summed E-state index contributed by atoms with van der Waals surface area (Å²) < 4.78 is 0. The Morgan fingerprint density at radius 2 is 2.10 bits per heavy atom.